The minimum absolute atomic E-state index is 0. The summed E-state index contributed by atoms with van der Waals surface area (Å²) in [5, 5.41) is 2.86. The van der Waals surface area contributed by atoms with Crippen LogP contribution in [0.5, 0.6) is 5.75 Å². The normalized spacial score (nSPS) is 11.7. The Bertz CT molecular complexity index is 453. The van der Waals surface area contributed by atoms with Gasteiger partial charge in [0.1, 0.15) is 5.75 Å². The number of hydrogen-bond donors (Lipinski definition) is 2. The summed E-state index contributed by atoms with van der Waals surface area (Å²) in [5.74, 6) is -0.0108. The second kappa shape index (κ2) is 10.5. The molecule has 1 aromatic rings. The number of ether oxygens (including phenoxy) is 2. The van der Waals surface area contributed by atoms with E-state index < -0.39 is 6.36 Å². The van der Waals surface area contributed by atoms with Gasteiger partial charge < -0.3 is 20.5 Å². The van der Waals surface area contributed by atoms with E-state index >= 15 is 0 Å². The quantitative estimate of drug-likeness (QED) is 0.300. The Kier molecular flexibility index (Phi) is 9.90. The molecule has 5 nitrogen and oxygen atoms in total. The predicted molar refractivity (Wildman–Crippen MR) is 88.4 cm³/mol. The molecule has 0 aliphatic carbocycles. The fourth-order valence-corrected chi connectivity index (χ4v) is 1.42. The third kappa shape index (κ3) is 9.66. The molecule has 0 saturated carbocycles. The molecule has 0 radical (unpaired) electrons. The van der Waals surface area contributed by atoms with Gasteiger partial charge in [0.25, 0.3) is 0 Å². The molecule has 0 saturated heterocycles. The maximum absolute atomic E-state index is 12.0. The van der Waals surface area contributed by atoms with Crippen LogP contribution in [0.1, 0.15) is 12.5 Å². The molecule has 9 heteroatoms. The minimum atomic E-state index is -4.69. The molecule has 0 fully saturated rings. The largest absolute Gasteiger partial charge is 0.573 e. The summed E-state index contributed by atoms with van der Waals surface area (Å²) in [7, 11) is 0. The number of nitrogens with zero attached hydrogens (tertiary/aromatic N) is 1. The Morgan fingerprint density at radius 3 is 2.45 bits per heavy atom. The number of hydrogen-bond acceptors (Lipinski definition) is 3. The second-order valence-electron chi connectivity index (χ2n) is 4.02. The Morgan fingerprint density at radius 1 is 1.27 bits per heavy atom. The smallest absolute Gasteiger partial charge is 0.406 e. The highest BCUT2D eigenvalue weighted by Crippen LogP contribution is 2.22. The van der Waals surface area contributed by atoms with Crippen molar-refractivity contribution in [2.45, 2.75) is 19.8 Å². The fourth-order valence-electron chi connectivity index (χ4n) is 1.42. The van der Waals surface area contributed by atoms with Gasteiger partial charge in [-0.15, -0.1) is 37.1 Å². The van der Waals surface area contributed by atoms with E-state index in [-0.39, 0.29) is 42.2 Å². The summed E-state index contributed by atoms with van der Waals surface area (Å²) in [4.78, 5) is 4.06. The number of nitrogens with two attached hydrogens (primary N) is 1. The van der Waals surface area contributed by atoms with Crippen molar-refractivity contribution >= 4 is 29.9 Å². The predicted octanol–water partition coefficient (Wildman–Crippen LogP) is 2.64. The first-order valence-electron chi connectivity index (χ1n) is 6.37. The van der Waals surface area contributed by atoms with Gasteiger partial charge in [0.05, 0.1) is 13.2 Å². The van der Waals surface area contributed by atoms with Gasteiger partial charge in [-0.05, 0) is 24.6 Å². The van der Waals surface area contributed by atoms with Crippen LogP contribution in [-0.2, 0) is 11.3 Å². The molecule has 0 spiro atoms. The summed E-state index contributed by atoms with van der Waals surface area (Å²) >= 11 is 0. The van der Waals surface area contributed by atoms with Crippen LogP contribution in [0.2, 0.25) is 0 Å². The van der Waals surface area contributed by atoms with Gasteiger partial charge in [0, 0.05) is 13.2 Å². The monoisotopic (exact) mass is 433 g/mol. The zero-order chi connectivity index (χ0) is 15.7. The van der Waals surface area contributed by atoms with E-state index in [4.69, 9.17) is 10.5 Å². The molecule has 0 heterocycles. The van der Waals surface area contributed by atoms with Crippen molar-refractivity contribution in [2.75, 3.05) is 19.8 Å². The van der Waals surface area contributed by atoms with Gasteiger partial charge in [-0.2, -0.15) is 0 Å². The highest BCUT2D eigenvalue weighted by Gasteiger charge is 2.30. The standard InChI is InChI=1S/C13H18F3N3O2.HI/c1-2-20-8-7-18-12(17)19-9-10-3-5-11(6-4-10)21-13(14,15)16;/h3-6H,2,7-9H2,1H3,(H3,17,18,19);1H. The van der Waals surface area contributed by atoms with E-state index in [0.717, 1.165) is 5.56 Å². The Hall–Kier alpha value is -1.23. The third-order valence-electron chi connectivity index (χ3n) is 2.35. The van der Waals surface area contributed by atoms with Gasteiger partial charge in [0.2, 0.25) is 0 Å². The number of alkyl halides is 3. The molecule has 0 aliphatic rings. The van der Waals surface area contributed by atoms with Crippen molar-refractivity contribution in [3.05, 3.63) is 29.8 Å². The Morgan fingerprint density at radius 2 is 1.91 bits per heavy atom. The summed E-state index contributed by atoms with van der Waals surface area (Å²) in [6, 6.07) is 5.46. The van der Waals surface area contributed by atoms with Crippen molar-refractivity contribution in [2.24, 2.45) is 10.7 Å². The van der Waals surface area contributed by atoms with Gasteiger partial charge in [-0.3, -0.25) is 0 Å². The molecule has 0 aromatic heterocycles. The summed E-state index contributed by atoms with van der Waals surface area (Å²) in [6.07, 6.45) is -4.69. The number of rotatable bonds is 7. The van der Waals surface area contributed by atoms with E-state index in [1.54, 1.807) is 0 Å². The highest BCUT2D eigenvalue weighted by molar-refractivity contribution is 14.0. The lowest BCUT2D eigenvalue weighted by Crippen LogP contribution is -2.34. The lowest BCUT2D eigenvalue weighted by molar-refractivity contribution is -0.274. The van der Waals surface area contributed by atoms with Crippen LogP contribution in [0.25, 0.3) is 0 Å². The molecule has 3 N–H and O–H groups in total. The molecule has 126 valence electrons. The van der Waals surface area contributed by atoms with Crippen LogP contribution in [0.3, 0.4) is 0 Å². The second-order valence-corrected chi connectivity index (χ2v) is 4.02. The van der Waals surface area contributed by atoms with Crippen molar-refractivity contribution in [1.29, 1.82) is 0 Å². The molecule has 0 bridgehead atoms. The van der Waals surface area contributed by atoms with Crippen LogP contribution in [0, 0.1) is 0 Å². The van der Waals surface area contributed by atoms with Gasteiger partial charge >= 0.3 is 6.36 Å². The first kappa shape index (κ1) is 20.8. The molecule has 0 atom stereocenters. The van der Waals surface area contributed by atoms with Gasteiger partial charge in [-0.25, -0.2) is 4.99 Å². The summed E-state index contributed by atoms with van der Waals surface area (Å²) in [5.41, 5.74) is 6.35. The number of nitrogens with one attached hydrogen (secondary N) is 1. The summed E-state index contributed by atoms with van der Waals surface area (Å²) in [6.45, 7) is 3.85. The van der Waals surface area contributed by atoms with Crippen molar-refractivity contribution in [1.82, 2.24) is 5.32 Å². The van der Waals surface area contributed by atoms with E-state index in [1.807, 2.05) is 6.92 Å². The number of guanidine groups is 1. The average molecular weight is 433 g/mol. The van der Waals surface area contributed by atoms with E-state index in [1.165, 1.54) is 24.3 Å². The highest BCUT2D eigenvalue weighted by atomic mass is 127. The van der Waals surface area contributed by atoms with Crippen molar-refractivity contribution in [3.8, 4) is 5.75 Å². The molecule has 0 amide bonds. The van der Waals surface area contributed by atoms with Crippen molar-refractivity contribution in [3.63, 3.8) is 0 Å². The molecule has 22 heavy (non-hydrogen) atoms. The molecule has 1 aromatic carbocycles. The number of benzene rings is 1. The lowest BCUT2D eigenvalue weighted by atomic mass is 10.2. The first-order chi connectivity index (χ1) is 9.90. The van der Waals surface area contributed by atoms with E-state index in [2.05, 4.69) is 15.0 Å². The number of aliphatic imine (C=N–C) groups is 1. The number of halogens is 4. The SMILES string of the molecule is CCOCCNC(N)=NCc1ccc(OC(F)(F)F)cc1.I. The maximum atomic E-state index is 12.0. The van der Waals surface area contributed by atoms with Gasteiger partial charge in [-0.1, -0.05) is 12.1 Å². The lowest BCUT2D eigenvalue weighted by Gasteiger charge is -2.09. The third-order valence-corrected chi connectivity index (χ3v) is 2.35. The van der Waals surface area contributed by atoms with E-state index in [0.29, 0.717) is 19.8 Å². The average Bonchev–Trinajstić information content (AvgIpc) is 2.41. The zero-order valence-electron chi connectivity index (χ0n) is 12.0. The van der Waals surface area contributed by atoms with E-state index in [9.17, 15) is 13.2 Å². The summed E-state index contributed by atoms with van der Waals surface area (Å²) < 4.78 is 44.9. The molecule has 0 unspecified atom stereocenters. The Labute approximate surface area is 144 Å². The van der Waals surface area contributed by atoms with Crippen molar-refractivity contribution < 1.29 is 22.6 Å². The van der Waals surface area contributed by atoms with Crippen LogP contribution < -0.4 is 15.8 Å². The molecule has 1 rings (SSSR count). The zero-order valence-corrected chi connectivity index (χ0v) is 14.4. The van der Waals surface area contributed by atoms with Crippen LogP contribution in [-0.4, -0.2) is 32.1 Å². The Balaban J connectivity index is 0.00000441. The molecular weight excluding hydrogens is 414 g/mol. The molecule has 0 aliphatic heterocycles. The maximum Gasteiger partial charge on any atom is 0.573 e. The first-order valence-corrected chi connectivity index (χ1v) is 6.37. The van der Waals surface area contributed by atoms with Crippen LogP contribution in [0.15, 0.2) is 29.3 Å². The topological polar surface area (TPSA) is 68.9 Å². The minimum Gasteiger partial charge on any atom is -0.406 e. The molecular formula is C13H19F3IN3O2. The van der Waals surface area contributed by atoms with Crippen LogP contribution in [0.4, 0.5) is 13.2 Å². The van der Waals surface area contributed by atoms with Crippen LogP contribution >= 0.6 is 24.0 Å². The fraction of sp³-hybridized carbons (Fsp3) is 0.462. The van der Waals surface area contributed by atoms with Gasteiger partial charge in [0.15, 0.2) is 5.96 Å².